The highest BCUT2D eigenvalue weighted by molar-refractivity contribution is 7.27. The fourth-order valence-corrected chi connectivity index (χ4v) is 25.9. The number of hydrogen-bond donors (Lipinski definition) is 0. The standard InChI is InChI=1S/3C42H26N2S/c1-2-13-27(14-3-1)43-35-21-8-4-15-28(35)31-25-26-38-40(41(31)43)34-18-6-10-23-37(34)44(38)36-22-9-5-16-29(36)32-19-12-20-33-30-17-7-11-24-39(30)45-42(32)33;1-2-13-28(14-3-1)44-36-21-7-4-16-31(36)33-24-25-38-40(41(33)44)35-18-5-8-22-37(35)43(38)29-15-10-12-27(26-29)30-19-11-20-34-32-17-6-9-23-39(32)45-42(30)34;1-2-11-28(12-3-1)44-35-17-7-4-13-31(35)32-25-26-37-41(42(32)44)33-14-5-8-18-36(33)43(37)29-23-21-27(22-24-29)30-16-10-20-39-40(30)34-15-6-9-19-38(34)45-39/h3*1-26H. The summed E-state index contributed by atoms with van der Waals surface area (Å²) < 4.78 is 22.7. The minimum Gasteiger partial charge on any atom is -0.309 e. The number of hydrogen-bond acceptors (Lipinski definition) is 3. The Morgan fingerprint density at radius 3 is 0.948 bits per heavy atom. The smallest absolute Gasteiger partial charge is 0.0641 e. The van der Waals surface area contributed by atoms with E-state index in [1.165, 1.54) is 253 Å². The third-order valence-electron chi connectivity index (χ3n) is 28.0. The van der Waals surface area contributed by atoms with Gasteiger partial charge in [0.1, 0.15) is 0 Å². The van der Waals surface area contributed by atoms with Crippen molar-refractivity contribution >= 4 is 225 Å². The zero-order valence-corrected chi connectivity index (χ0v) is 75.4. The van der Waals surface area contributed by atoms with Crippen molar-refractivity contribution in [2.75, 3.05) is 0 Å². The van der Waals surface area contributed by atoms with Crippen molar-refractivity contribution in [3.63, 3.8) is 0 Å². The van der Waals surface area contributed by atoms with E-state index in [2.05, 4.69) is 501 Å². The normalized spacial score (nSPS) is 12.0. The van der Waals surface area contributed by atoms with E-state index in [0.29, 0.717) is 0 Å². The maximum absolute atomic E-state index is 2.48. The third kappa shape index (κ3) is 11.8. The second-order valence-electron chi connectivity index (χ2n) is 35.1. The van der Waals surface area contributed by atoms with Crippen molar-refractivity contribution in [3.8, 4) is 67.5 Å². The molecule has 0 aliphatic rings. The fraction of sp³-hybridized carbons (Fsp3) is 0. The molecule has 0 aliphatic carbocycles. The lowest BCUT2D eigenvalue weighted by Gasteiger charge is -2.15. The Bertz CT molecular complexity index is 10100. The largest absolute Gasteiger partial charge is 0.309 e. The Hall–Kier alpha value is -16.9. The molecule has 0 saturated carbocycles. The van der Waals surface area contributed by atoms with E-state index < -0.39 is 0 Å². The van der Waals surface area contributed by atoms with Crippen molar-refractivity contribution in [1.82, 2.24) is 27.4 Å². The van der Waals surface area contributed by atoms with Gasteiger partial charge in [-0.15, -0.1) is 34.0 Å². The van der Waals surface area contributed by atoms with Gasteiger partial charge in [-0.2, -0.15) is 0 Å². The molecule has 0 N–H and O–H groups in total. The Morgan fingerprint density at radius 2 is 0.459 bits per heavy atom. The number of rotatable bonds is 9. The van der Waals surface area contributed by atoms with E-state index in [0.717, 1.165) is 5.69 Å². The third-order valence-corrected chi connectivity index (χ3v) is 31.5. The molecular formula is C126H78N6S3. The minimum atomic E-state index is 1.16. The van der Waals surface area contributed by atoms with E-state index in [9.17, 15) is 0 Å². The molecule has 0 saturated heterocycles. The van der Waals surface area contributed by atoms with Crippen LogP contribution in [0.3, 0.4) is 0 Å². The molecule has 30 aromatic rings. The monoisotopic (exact) mass is 1770 g/mol. The van der Waals surface area contributed by atoms with Crippen LogP contribution in [0.25, 0.3) is 259 Å². The zero-order chi connectivity index (χ0) is 88.5. The molecule has 21 aromatic carbocycles. The molecule has 0 unspecified atom stereocenters. The second kappa shape index (κ2) is 30.9. The van der Waals surface area contributed by atoms with Crippen LogP contribution in [0.4, 0.5) is 0 Å². The predicted octanol–water partition coefficient (Wildman–Crippen LogP) is 35.7. The second-order valence-corrected chi connectivity index (χ2v) is 38.3. The molecule has 135 heavy (non-hydrogen) atoms. The summed E-state index contributed by atoms with van der Waals surface area (Å²) in [5, 5.41) is 23.2. The molecule has 9 heteroatoms. The molecule has 0 atom stereocenters. The molecule has 630 valence electrons. The summed E-state index contributed by atoms with van der Waals surface area (Å²) in [6.45, 7) is 0. The fourth-order valence-electron chi connectivity index (χ4n) is 22.3. The molecule has 0 amide bonds. The number of thiophene rings is 3. The Kier molecular flexibility index (Phi) is 17.6. The van der Waals surface area contributed by atoms with Crippen molar-refractivity contribution in [2.45, 2.75) is 0 Å². The molecule has 0 bridgehead atoms. The van der Waals surface area contributed by atoms with Gasteiger partial charge in [0.2, 0.25) is 0 Å². The quantitative estimate of drug-likeness (QED) is 0.138. The van der Waals surface area contributed by atoms with Crippen molar-refractivity contribution in [3.05, 3.63) is 473 Å². The summed E-state index contributed by atoms with van der Waals surface area (Å²) in [5.74, 6) is 0. The summed E-state index contributed by atoms with van der Waals surface area (Å²) in [6.07, 6.45) is 0. The highest BCUT2D eigenvalue weighted by Gasteiger charge is 2.28. The zero-order valence-electron chi connectivity index (χ0n) is 72.9. The van der Waals surface area contributed by atoms with Crippen LogP contribution in [0.5, 0.6) is 0 Å². The molecule has 0 fully saturated rings. The predicted molar refractivity (Wildman–Crippen MR) is 580 cm³/mol. The van der Waals surface area contributed by atoms with Gasteiger partial charge in [-0.3, -0.25) is 0 Å². The minimum absolute atomic E-state index is 1.16. The van der Waals surface area contributed by atoms with Crippen LogP contribution >= 0.6 is 34.0 Å². The molecular weight excluding hydrogens is 1690 g/mol. The van der Waals surface area contributed by atoms with E-state index in [1.54, 1.807) is 0 Å². The van der Waals surface area contributed by atoms with Crippen molar-refractivity contribution in [1.29, 1.82) is 0 Å². The maximum atomic E-state index is 2.48. The van der Waals surface area contributed by atoms with Crippen molar-refractivity contribution in [2.24, 2.45) is 0 Å². The van der Waals surface area contributed by atoms with Crippen LogP contribution in [0.15, 0.2) is 473 Å². The van der Waals surface area contributed by atoms with Gasteiger partial charge in [-0.1, -0.05) is 328 Å². The van der Waals surface area contributed by atoms with Gasteiger partial charge in [0.05, 0.1) is 71.9 Å². The van der Waals surface area contributed by atoms with Crippen LogP contribution in [0.2, 0.25) is 0 Å². The molecule has 0 spiro atoms. The van der Waals surface area contributed by atoms with E-state index >= 15 is 0 Å². The van der Waals surface area contributed by atoms with Gasteiger partial charge in [-0.05, 0) is 168 Å². The first-order chi connectivity index (χ1) is 67.1. The number of aromatic nitrogens is 6. The molecule has 9 aromatic heterocycles. The van der Waals surface area contributed by atoms with Gasteiger partial charge in [0, 0.05) is 165 Å². The first-order valence-electron chi connectivity index (χ1n) is 46.1. The van der Waals surface area contributed by atoms with Crippen LogP contribution in [0, 0.1) is 0 Å². The van der Waals surface area contributed by atoms with Gasteiger partial charge in [0.15, 0.2) is 0 Å². The lowest BCUT2D eigenvalue weighted by Crippen LogP contribution is -1.97. The van der Waals surface area contributed by atoms with Crippen LogP contribution in [-0.4, -0.2) is 27.4 Å². The van der Waals surface area contributed by atoms with Crippen LogP contribution in [-0.2, 0) is 0 Å². The Labute approximate surface area is 787 Å². The van der Waals surface area contributed by atoms with E-state index in [4.69, 9.17) is 0 Å². The topological polar surface area (TPSA) is 29.6 Å². The molecule has 0 radical (unpaired) electrons. The molecule has 30 rings (SSSR count). The summed E-state index contributed by atoms with van der Waals surface area (Å²) >= 11 is 5.64. The van der Waals surface area contributed by atoms with Gasteiger partial charge in [0.25, 0.3) is 0 Å². The number of fused-ring (bicyclic) bond motifs is 30. The molecule has 6 nitrogen and oxygen atoms in total. The summed E-state index contributed by atoms with van der Waals surface area (Å²) in [6, 6.07) is 173. The summed E-state index contributed by atoms with van der Waals surface area (Å²) in [7, 11) is 0. The highest BCUT2D eigenvalue weighted by Crippen LogP contribution is 2.51. The van der Waals surface area contributed by atoms with Gasteiger partial charge < -0.3 is 27.4 Å². The highest BCUT2D eigenvalue weighted by atomic mass is 32.1. The average molecular weight is 1770 g/mol. The van der Waals surface area contributed by atoms with Crippen LogP contribution < -0.4 is 0 Å². The molecule has 9 heterocycles. The number of benzene rings is 21. The average Bonchev–Trinajstić information content (AvgIpc) is 1.57. The lowest BCUT2D eigenvalue weighted by atomic mass is 9.99. The first-order valence-corrected chi connectivity index (χ1v) is 48.6. The van der Waals surface area contributed by atoms with Crippen molar-refractivity contribution < 1.29 is 0 Å². The van der Waals surface area contributed by atoms with Gasteiger partial charge >= 0.3 is 0 Å². The Morgan fingerprint density at radius 1 is 0.141 bits per heavy atom. The maximum Gasteiger partial charge on any atom is 0.0641 e. The SMILES string of the molecule is c1ccc(-n2c3ccccc3c3ccc4c(c5ccccc5n4-c4ccc(-c5cccc6sc7ccccc7c56)cc4)c32)cc1.c1ccc(-n2c3ccccc3c3ccc4c(c5ccccc5n4-c4cccc(-c5cccc6c5sc5ccccc56)c4)c32)cc1.c1ccc(-n2c3ccccc3c3ccc4c(c5ccccc5n4-c4ccccc4-c4cccc5c4sc4ccccc45)c32)cc1. The van der Waals surface area contributed by atoms with E-state index in [-0.39, 0.29) is 0 Å². The van der Waals surface area contributed by atoms with Crippen LogP contribution in [0.1, 0.15) is 0 Å². The Balaban J connectivity index is 0.000000101. The van der Waals surface area contributed by atoms with Gasteiger partial charge in [-0.25, -0.2) is 0 Å². The summed E-state index contributed by atoms with van der Waals surface area (Å²) in [4.78, 5) is 0. The van der Waals surface area contributed by atoms with E-state index in [1.807, 2.05) is 34.0 Å². The number of nitrogens with zero attached hydrogens (tertiary/aromatic N) is 6. The lowest BCUT2D eigenvalue weighted by molar-refractivity contribution is 1.17. The summed E-state index contributed by atoms with van der Waals surface area (Å²) in [5.41, 5.74) is 29.3. The first kappa shape index (κ1) is 76.9. The number of para-hydroxylation sites is 10. The molecule has 0 aliphatic heterocycles.